The van der Waals surface area contributed by atoms with Gasteiger partial charge in [0.1, 0.15) is 0 Å². The summed E-state index contributed by atoms with van der Waals surface area (Å²) in [6.45, 7) is 1.44. The fourth-order valence-corrected chi connectivity index (χ4v) is 2.52. The first-order valence-electron chi connectivity index (χ1n) is 4.87. The van der Waals surface area contributed by atoms with Crippen molar-refractivity contribution in [2.45, 2.75) is 6.92 Å². The van der Waals surface area contributed by atoms with E-state index in [0.29, 0.717) is 9.65 Å². The van der Waals surface area contributed by atoms with Crippen LogP contribution in [-0.4, -0.2) is 22.2 Å². The number of aromatic amines is 1. The summed E-state index contributed by atoms with van der Waals surface area (Å²) >= 11 is 5.96. The second-order valence-electron chi connectivity index (χ2n) is 3.64. The molecule has 0 bridgehead atoms. The lowest BCUT2D eigenvalue weighted by atomic mass is 10.1. The Kier molecular flexibility index (Phi) is 3.05. The summed E-state index contributed by atoms with van der Waals surface area (Å²) in [5.41, 5.74) is -0.0935. The Bertz CT molecular complexity index is 760. The Hall–Kier alpha value is -1.57. The molecule has 2 N–H and O–H groups in total. The van der Waals surface area contributed by atoms with Crippen molar-refractivity contribution in [3.8, 4) is 11.3 Å². The van der Waals surface area contributed by atoms with E-state index in [-0.39, 0.29) is 16.3 Å². The normalized spacial score (nSPS) is 11.7. The van der Waals surface area contributed by atoms with E-state index in [0.717, 1.165) is 0 Å². The van der Waals surface area contributed by atoms with Crippen LogP contribution in [0.4, 0.5) is 0 Å². The Morgan fingerprint density at radius 3 is 2.50 bits per heavy atom. The van der Waals surface area contributed by atoms with E-state index in [1.54, 1.807) is 24.3 Å². The standard InChI is InChI=1S/C10H9ClN2O4S/c1-6-9(7-4-2-3-5-8(7)11)13(12-10(6)14)18(15,16)17/h2-5H,1H3,(H,12,14)(H,15,16,17). The summed E-state index contributed by atoms with van der Waals surface area (Å²) in [4.78, 5) is 11.5. The zero-order valence-corrected chi connectivity index (χ0v) is 10.8. The molecule has 0 amide bonds. The molecule has 18 heavy (non-hydrogen) atoms. The quantitative estimate of drug-likeness (QED) is 0.818. The van der Waals surface area contributed by atoms with Gasteiger partial charge in [0.25, 0.3) is 5.56 Å². The minimum Gasteiger partial charge on any atom is -0.268 e. The second-order valence-corrected chi connectivity index (χ2v) is 5.30. The molecule has 0 aliphatic carbocycles. The number of nitrogens with one attached hydrogen (secondary N) is 1. The van der Waals surface area contributed by atoms with Gasteiger partial charge in [-0.25, -0.2) is 5.10 Å². The molecule has 0 spiro atoms. The Morgan fingerprint density at radius 2 is 1.94 bits per heavy atom. The molecule has 0 atom stereocenters. The molecule has 0 aliphatic heterocycles. The third-order valence-electron chi connectivity index (χ3n) is 2.46. The minimum atomic E-state index is -4.60. The second kappa shape index (κ2) is 4.27. The molecule has 0 radical (unpaired) electrons. The first kappa shape index (κ1) is 12.9. The van der Waals surface area contributed by atoms with Crippen LogP contribution < -0.4 is 5.56 Å². The molecular formula is C10H9ClN2O4S. The number of rotatable bonds is 2. The first-order chi connectivity index (χ1) is 8.32. The smallest absolute Gasteiger partial charge is 0.268 e. The lowest BCUT2D eigenvalue weighted by molar-refractivity contribution is 0.466. The number of nitrogens with zero attached hydrogens (tertiary/aromatic N) is 1. The van der Waals surface area contributed by atoms with Crippen molar-refractivity contribution in [3.05, 3.63) is 45.2 Å². The molecule has 96 valence electrons. The van der Waals surface area contributed by atoms with E-state index in [9.17, 15) is 13.2 Å². The van der Waals surface area contributed by atoms with Crippen molar-refractivity contribution in [2.75, 3.05) is 0 Å². The van der Waals surface area contributed by atoms with Gasteiger partial charge in [-0.2, -0.15) is 12.5 Å². The van der Waals surface area contributed by atoms with E-state index < -0.39 is 15.9 Å². The lowest BCUT2D eigenvalue weighted by Gasteiger charge is -2.07. The van der Waals surface area contributed by atoms with Gasteiger partial charge in [-0.15, -0.1) is 0 Å². The zero-order valence-electron chi connectivity index (χ0n) is 9.21. The number of H-pyrrole nitrogens is 1. The average Bonchev–Trinajstić information content (AvgIpc) is 2.57. The van der Waals surface area contributed by atoms with Crippen molar-refractivity contribution < 1.29 is 13.0 Å². The third kappa shape index (κ3) is 2.07. The van der Waals surface area contributed by atoms with Gasteiger partial charge in [0.15, 0.2) is 0 Å². The molecule has 0 saturated heterocycles. The molecule has 1 aromatic carbocycles. The van der Waals surface area contributed by atoms with Crippen molar-refractivity contribution in [1.82, 2.24) is 9.19 Å². The van der Waals surface area contributed by atoms with Crippen molar-refractivity contribution >= 4 is 21.9 Å². The Balaban J connectivity index is 2.88. The minimum absolute atomic E-state index is 0.0214. The first-order valence-corrected chi connectivity index (χ1v) is 6.64. The van der Waals surface area contributed by atoms with Crippen LogP contribution in [0.15, 0.2) is 29.1 Å². The number of aromatic nitrogens is 2. The maximum atomic E-state index is 11.5. The largest absolute Gasteiger partial charge is 0.377 e. The topological polar surface area (TPSA) is 92.2 Å². The van der Waals surface area contributed by atoms with Crippen molar-refractivity contribution in [1.29, 1.82) is 0 Å². The Labute approximate surface area is 108 Å². The number of benzene rings is 1. The van der Waals surface area contributed by atoms with Crippen molar-refractivity contribution in [3.63, 3.8) is 0 Å². The van der Waals surface area contributed by atoms with Crippen LogP contribution in [0.3, 0.4) is 0 Å². The van der Waals surface area contributed by atoms with Gasteiger partial charge < -0.3 is 0 Å². The van der Waals surface area contributed by atoms with Gasteiger partial charge in [-0.05, 0) is 13.0 Å². The summed E-state index contributed by atoms with van der Waals surface area (Å²) in [5.74, 6) is 0. The van der Waals surface area contributed by atoms with E-state index in [4.69, 9.17) is 16.2 Å². The average molecular weight is 289 g/mol. The van der Waals surface area contributed by atoms with Gasteiger partial charge in [0, 0.05) is 16.1 Å². The Morgan fingerprint density at radius 1 is 1.33 bits per heavy atom. The third-order valence-corrected chi connectivity index (χ3v) is 3.53. The maximum Gasteiger partial charge on any atom is 0.377 e. The molecule has 0 unspecified atom stereocenters. The van der Waals surface area contributed by atoms with Gasteiger partial charge in [0.05, 0.1) is 5.69 Å². The SMILES string of the molecule is Cc1c(-c2ccccc2Cl)n(S(=O)(=O)O)[nH]c1=O. The number of hydrogen-bond donors (Lipinski definition) is 2. The van der Waals surface area contributed by atoms with Crippen molar-refractivity contribution in [2.24, 2.45) is 0 Å². The van der Waals surface area contributed by atoms with Crippen LogP contribution in [0.25, 0.3) is 11.3 Å². The van der Waals surface area contributed by atoms with Crippen LogP contribution in [0.5, 0.6) is 0 Å². The molecule has 8 heteroatoms. The molecule has 0 fully saturated rings. The van der Waals surface area contributed by atoms with E-state index in [2.05, 4.69) is 0 Å². The number of hydrogen-bond acceptors (Lipinski definition) is 3. The predicted molar refractivity (Wildman–Crippen MR) is 67.2 cm³/mol. The molecule has 2 aromatic rings. The van der Waals surface area contributed by atoms with Crippen LogP contribution in [0, 0.1) is 6.92 Å². The lowest BCUT2D eigenvalue weighted by Crippen LogP contribution is -2.16. The molecule has 6 nitrogen and oxygen atoms in total. The highest BCUT2D eigenvalue weighted by molar-refractivity contribution is 7.84. The molecule has 1 heterocycles. The van der Waals surface area contributed by atoms with E-state index in [1.165, 1.54) is 6.92 Å². The highest BCUT2D eigenvalue weighted by atomic mass is 35.5. The molecule has 1 aromatic heterocycles. The summed E-state index contributed by atoms with van der Waals surface area (Å²) < 4.78 is 31.9. The van der Waals surface area contributed by atoms with Gasteiger partial charge in [0.2, 0.25) is 0 Å². The van der Waals surface area contributed by atoms with Crippen LogP contribution >= 0.6 is 11.6 Å². The van der Waals surface area contributed by atoms with Crippen LogP contribution in [0.1, 0.15) is 5.56 Å². The molecule has 2 rings (SSSR count). The van der Waals surface area contributed by atoms with Gasteiger partial charge in [-0.3, -0.25) is 9.35 Å². The monoisotopic (exact) mass is 288 g/mol. The van der Waals surface area contributed by atoms with Crippen LogP contribution in [-0.2, 0) is 10.3 Å². The highest BCUT2D eigenvalue weighted by Gasteiger charge is 2.21. The zero-order chi connectivity index (χ0) is 13.5. The van der Waals surface area contributed by atoms with Gasteiger partial charge in [-0.1, -0.05) is 29.8 Å². The summed E-state index contributed by atoms with van der Waals surface area (Å²) in [7, 11) is -4.60. The fourth-order valence-electron chi connectivity index (χ4n) is 1.63. The van der Waals surface area contributed by atoms with Gasteiger partial charge >= 0.3 is 10.3 Å². The highest BCUT2D eigenvalue weighted by Crippen LogP contribution is 2.29. The van der Waals surface area contributed by atoms with E-state index in [1.807, 2.05) is 5.10 Å². The summed E-state index contributed by atoms with van der Waals surface area (Å²) in [6.07, 6.45) is 0. The number of halogens is 1. The summed E-state index contributed by atoms with van der Waals surface area (Å²) in [5, 5.41) is 2.32. The maximum absolute atomic E-state index is 11.5. The fraction of sp³-hybridized carbons (Fsp3) is 0.100. The summed E-state index contributed by atoms with van der Waals surface area (Å²) in [6, 6.07) is 6.43. The molecule has 0 aliphatic rings. The molecule has 0 saturated carbocycles. The predicted octanol–water partition coefficient (Wildman–Crippen LogP) is 1.46. The van der Waals surface area contributed by atoms with E-state index >= 15 is 0 Å². The van der Waals surface area contributed by atoms with Crippen LogP contribution in [0.2, 0.25) is 5.02 Å². The molecular weight excluding hydrogens is 280 g/mol.